The lowest BCUT2D eigenvalue weighted by Crippen LogP contribution is -1.98. The van der Waals surface area contributed by atoms with E-state index in [1.165, 1.54) is 6.92 Å². The fraction of sp³-hybridized carbons (Fsp3) is 0.214. The lowest BCUT2D eigenvalue weighted by Gasteiger charge is -2.06. The van der Waals surface area contributed by atoms with Crippen LogP contribution in [0.1, 0.15) is 13.8 Å². The summed E-state index contributed by atoms with van der Waals surface area (Å²) in [5.41, 5.74) is 1.03. The van der Waals surface area contributed by atoms with Crippen LogP contribution in [0.15, 0.2) is 58.4 Å². The van der Waals surface area contributed by atoms with Gasteiger partial charge in [-0.1, -0.05) is 36.5 Å². The Labute approximate surface area is 106 Å². The van der Waals surface area contributed by atoms with E-state index in [1.807, 2.05) is 43.3 Å². The van der Waals surface area contributed by atoms with Crippen LogP contribution in [0.25, 0.3) is 0 Å². The standard InChI is InChI=1S/C14H16O2S/c1-11(9-10-16-13(3)15)12(2)17-14-7-5-4-6-8-14/h4-9H,2,10H2,1,3H3/b11-9+. The van der Waals surface area contributed by atoms with Crippen molar-refractivity contribution in [3.05, 3.63) is 53.5 Å². The molecular formula is C14H16O2S. The number of carbonyl (C=O) groups is 1. The van der Waals surface area contributed by atoms with E-state index < -0.39 is 0 Å². The molecule has 0 radical (unpaired) electrons. The number of hydrogen-bond acceptors (Lipinski definition) is 3. The minimum absolute atomic E-state index is 0.268. The second kappa shape index (κ2) is 6.97. The van der Waals surface area contributed by atoms with E-state index in [2.05, 4.69) is 6.58 Å². The van der Waals surface area contributed by atoms with Gasteiger partial charge in [-0.25, -0.2) is 0 Å². The second-order valence-electron chi connectivity index (χ2n) is 3.53. The average molecular weight is 248 g/mol. The number of benzene rings is 1. The molecule has 0 atom stereocenters. The first-order valence-electron chi connectivity index (χ1n) is 5.32. The first-order chi connectivity index (χ1) is 8.09. The summed E-state index contributed by atoms with van der Waals surface area (Å²) >= 11 is 1.61. The van der Waals surface area contributed by atoms with Gasteiger partial charge in [0.1, 0.15) is 6.61 Å². The van der Waals surface area contributed by atoms with Crippen molar-refractivity contribution in [2.24, 2.45) is 0 Å². The smallest absolute Gasteiger partial charge is 0.302 e. The maximum atomic E-state index is 10.6. The van der Waals surface area contributed by atoms with E-state index in [-0.39, 0.29) is 5.97 Å². The topological polar surface area (TPSA) is 26.3 Å². The molecule has 0 aliphatic heterocycles. The molecule has 0 aromatic heterocycles. The fourth-order valence-electron chi connectivity index (χ4n) is 1.11. The molecular weight excluding hydrogens is 232 g/mol. The minimum Gasteiger partial charge on any atom is -0.462 e. The first-order valence-corrected chi connectivity index (χ1v) is 6.13. The van der Waals surface area contributed by atoms with Gasteiger partial charge in [-0.2, -0.15) is 0 Å². The molecule has 90 valence electrons. The average Bonchev–Trinajstić information content (AvgIpc) is 2.29. The van der Waals surface area contributed by atoms with E-state index in [1.54, 1.807) is 11.8 Å². The lowest BCUT2D eigenvalue weighted by molar-refractivity contribution is -0.139. The lowest BCUT2D eigenvalue weighted by atomic mass is 10.3. The molecule has 0 heterocycles. The summed E-state index contributed by atoms with van der Waals surface area (Å²) in [6, 6.07) is 10.0. The third kappa shape index (κ3) is 5.41. The van der Waals surface area contributed by atoms with E-state index in [0.717, 1.165) is 15.4 Å². The highest BCUT2D eigenvalue weighted by Gasteiger charge is 2.00. The van der Waals surface area contributed by atoms with Crippen LogP contribution in [0.5, 0.6) is 0 Å². The van der Waals surface area contributed by atoms with Crippen LogP contribution in [0, 0.1) is 0 Å². The van der Waals surface area contributed by atoms with Gasteiger partial charge in [-0.15, -0.1) is 0 Å². The number of allylic oxidation sites excluding steroid dienone is 1. The van der Waals surface area contributed by atoms with E-state index in [4.69, 9.17) is 4.74 Å². The molecule has 1 rings (SSSR count). The highest BCUT2D eigenvalue weighted by Crippen LogP contribution is 2.29. The summed E-state index contributed by atoms with van der Waals surface area (Å²) in [5.74, 6) is -0.268. The zero-order valence-electron chi connectivity index (χ0n) is 10.1. The third-order valence-electron chi connectivity index (χ3n) is 2.10. The van der Waals surface area contributed by atoms with Crippen molar-refractivity contribution >= 4 is 17.7 Å². The Morgan fingerprint density at radius 2 is 2.00 bits per heavy atom. The van der Waals surface area contributed by atoms with Gasteiger partial charge in [-0.3, -0.25) is 4.79 Å². The van der Waals surface area contributed by atoms with Crippen LogP contribution in [0.3, 0.4) is 0 Å². The summed E-state index contributed by atoms with van der Waals surface area (Å²) in [6.07, 6.45) is 1.86. The Morgan fingerprint density at radius 3 is 2.59 bits per heavy atom. The van der Waals surface area contributed by atoms with Crippen LogP contribution < -0.4 is 0 Å². The Bertz CT molecular complexity index is 421. The molecule has 0 amide bonds. The van der Waals surface area contributed by atoms with E-state index in [9.17, 15) is 4.79 Å². The number of thioether (sulfide) groups is 1. The van der Waals surface area contributed by atoms with Crippen molar-refractivity contribution < 1.29 is 9.53 Å². The summed E-state index contributed by atoms with van der Waals surface area (Å²) in [4.78, 5) is 12.7. The Kier molecular flexibility index (Phi) is 5.57. The molecule has 0 aliphatic rings. The van der Waals surface area contributed by atoms with Gasteiger partial charge in [0.25, 0.3) is 0 Å². The highest BCUT2D eigenvalue weighted by molar-refractivity contribution is 8.03. The van der Waals surface area contributed by atoms with Crippen LogP contribution in [0.2, 0.25) is 0 Å². The maximum absolute atomic E-state index is 10.6. The molecule has 3 heteroatoms. The summed E-state index contributed by atoms with van der Waals surface area (Å²) < 4.78 is 4.85. The Hall–Kier alpha value is -1.48. The van der Waals surface area contributed by atoms with E-state index >= 15 is 0 Å². The second-order valence-corrected chi connectivity index (χ2v) is 4.70. The van der Waals surface area contributed by atoms with Crippen molar-refractivity contribution in [1.82, 2.24) is 0 Å². The van der Waals surface area contributed by atoms with Crippen LogP contribution in [-0.4, -0.2) is 12.6 Å². The van der Waals surface area contributed by atoms with E-state index in [0.29, 0.717) is 6.61 Å². The number of hydrogen-bond donors (Lipinski definition) is 0. The fourth-order valence-corrected chi connectivity index (χ4v) is 1.93. The molecule has 2 nitrogen and oxygen atoms in total. The van der Waals surface area contributed by atoms with Crippen LogP contribution >= 0.6 is 11.8 Å². The zero-order valence-corrected chi connectivity index (χ0v) is 10.9. The van der Waals surface area contributed by atoms with Crippen molar-refractivity contribution in [2.75, 3.05) is 6.61 Å². The maximum Gasteiger partial charge on any atom is 0.302 e. The Morgan fingerprint density at radius 1 is 1.35 bits per heavy atom. The van der Waals surface area contributed by atoms with Crippen molar-refractivity contribution in [1.29, 1.82) is 0 Å². The molecule has 1 aromatic carbocycles. The number of rotatable bonds is 5. The molecule has 17 heavy (non-hydrogen) atoms. The molecule has 0 fully saturated rings. The Balaban J connectivity index is 2.50. The number of esters is 1. The number of carbonyl (C=O) groups excluding carboxylic acids is 1. The van der Waals surface area contributed by atoms with Gasteiger partial charge in [0, 0.05) is 16.7 Å². The zero-order chi connectivity index (χ0) is 12.7. The third-order valence-corrected chi connectivity index (χ3v) is 3.18. The summed E-state index contributed by atoms with van der Waals surface area (Å²) in [7, 11) is 0. The van der Waals surface area contributed by atoms with Gasteiger partial charge >= 0.3 is 5.97 Å². The molecule has 0 unspecified atom stereocenters. The minimum atomic E-state index is -0.268. The van der Waals surface area contributed by atoms with Crippen molar-refractivity contribution in [3.63, 3.8) is 0 Å². The highest BCUT2D eigenvalue weighted by atomic mass is 32.2. The summed E-state index contributed by atoms with van der Waals surface area (Å²) in [5, 5.41) is 0. The molecule has 0 N–H and O–H groups in total. The monoisotopic (exact) mass is 248 g/mol. The predicted molar refractivity (Wildman–Crippen MR) is 71.8 cm³/mol. The molecule has 0 saturated heterocycles. The van der Waals surface area contributed by atoms with Crippen LogP contribution in [0.4, 0.5) is 0 Å². The number of ether oxygens (including phenoxy) is 1. The SMILES string of the molecule is C=C(Sc1ccccc1)/C(C)=C/COC(C)=O. The van der Waals surface area contributed by atoms with Crippen molar-refractivity contribution in [2.45, 2.75) is 18.7 Å². The summed E-state index contributed by atoms with van der Waals surface area (Å²) in [6.45, 7) is 7.66. The molecule has 0 bridgehead atoms. The van der Waals surface area contributed by atoms with Crippen LogP contribution in [-0.2, 0) is 9.53 Å². The molecule has 0 aliphatic carbocycles. The van der Waals surface area contributed by atoms with Gasteiger partial charge in [0.2, 0.25) is 0 Å². The first kappa shape index (κ1) is 13.6. The van der Waals surface area contributed by atoms with Gasteiger partial charge in [0.15, 0.2) is 0 Å². The largest absolute Gasteiger partial charge is 0.462 e. The molecule has 0 spiro atoms. The van der Waals surface area contributed by atoms with Gasteiger partial charge in [-0.05, 0) is 30.7 Å². The molecule has 1 aromatic rings. The quantitative estimate of drug-likeness (QED) is 0.450. The predicted octanol–water partition coefficient (Wildman–Crippen LogP) is 3.80. The van der Waals surface area contributed by atoms with Gasteiger partial charge < -0.3 is 4.74 Å². The van der Waals surface area contributed by atoms with Crippen molar-refractivity contribution in [3.8, 4) is 0 Å². The van der Waals surface area contributed by atoms with Gasteiger partial charge in [0.05, 0.1) is 0 Å². The molecule has 0 saturated carbocycles. The normalized spacial score (nSPS) is 11.1.